The number of imidazole rings is 1. The molecular weight excluding hydrogens is 258 g/mol. The summed E-state index contributed by atoms with van der Waals surface area (Å²) in [7, 11) is 0. The van der Waals surface area contributed by atoms with Gasteiger partial charge in [-0.3, -0.25) is 4.79 Å². The quantitative estimate of drug-likeness (QED) is 0.847. The second-order valence-corrected chi connectivity index (χ2v) is 6.69. The Labute approximate surface area is 119 Å². The molecule has 19 heavy (non-hydrogen) atoms. The second-order valence-electron chi connectivity index (χ2n) is 6.31. The number of carbonyl (C=O) groups is 1. The molecule has 1 atom stereocenters. The van der Waals surface area contributed by atoms with E-state index in [1.807, 2.05) is 22.6 Å². The van der Waals surface area contributed by atoms with Gasteiger partial charge >= 0.3 is 0 Å². The van der Waals surface area contributed by atoms with Crippen LogP contribution in [0.5, 0.6) is 0 Å². The minimum atomic E-state index is -0.230. The molecule has 1 aliphatic heterocycles. The Morgan fingerprint density at radius 3 is 2.47 bits per heavy atom. The average Bonchev–Trinajstić information content (AvgIpc) is 2.94. The molecule has 1 unspecified atom stereocenters. The van der Waals surface area contributed by atoms with Crippen LogP contribution < -0.4 is 0 Å². The molecule has 0 spiro atoms. The van der Waals surface area contributed by atoms with Crippen molar-refractivity contribution < 1.29 is 4.79 Å². The van der Waals surface area contributed by atoms with Crippen LogP contribution in [0.1, 0.15) is 52.3 Å². The number of amides is 1. The highest BCUT2D eigenvalue weighted by atomic mass is 32.1. The normalized spacial score (nSPS) is 17.8. The lowest BCUT2D eigenvalue weighted by molar-refractivity contribution is -0.133. The molecule has 1 aromatic heterocycles. The highest BCUT2D eigenvalue weighted by molar-refractivity contribution is 7.71. The van der Waals surface area contributed by atoms with Crippen molar-refractivity contribution in [2.24, 2.45) is 0 Å². The molecule has 2 rings (SSSR count). The molecule has 4 nitrogen and oxygen atoms in total. The number of H-pyrrole nitrogens is 1. The fraction of sp³-hybridized carbons (Fsp3) is 0.714. The molecular formula is C14H23N3OS. The van der Waals surface area contributed by atoms with Crippen LogP contribution in [0.2, 0.25) is 0 Å². The molecule has 1 saturated heterocycles. The summed E-state index contributed by atoms with van der Waals surface area (Å²) in [4.78, 5) is 17.5. The van der Waals surface area contributed by atoms with Crippen LogP contribution in [0.4, 0.5) is 0 Å². The highest BCUT2D eigenvalue weighted by Crippen LogP contribution is 2.26. The maximum Gasteiger partial charge on any atom is 0.245 e. The zero-order valence-electron chi connectivity index (χ0n) is 12.2. The summed E-state index contributed by atoms with van der Waals surface area (Å²) < 4.78 is 2.60. The number of nitrogens with zero attached hydrogens (tertiary/aromatic N) is 2. The summed E-state index contributed by atoms with van der Waals surface area (Å²) in [6.07, 6.45) is 4.16. The fourth-order valence-corrected chi connectivity index (χ4v) is 2.97. The SMILES string of the molecule is CC(C(=O)N1CCCC1)n1c(C(C)(C)C)c[nH]c1=S. The number of hydrogen-bond acceptors (Lipinski definition) is 2. The number of hydrogen-bond donors (Lipinski definition) is 1. The molecule has 0 aliphatic carbocycles. The largest absolute Gasteiger partial charge is 0.341 e. The standard InChI is InChI=1S/C14H23N3OS/c1-10(12(18)16-7-5-6-8-16)17-11(14(2,3)4)9-15-13(17)19/h9-10H,5-8H2,1-4H3,(H,15,19). The minimum absolute atomic E-state index is 0.0346. The number of carbonyl (C=O) groups excluding carboxylic acids is 1. The lowest BCUT2D eigenvalue weighted by Crippen LogP contribution is -2.35. The van der Waals surface area contributed by atoms with Gasteiger partial charge in [0.25, 0.3) is 0 Å². The molecule has 2 heterocycles. The predicted molar refractivity (Wildman–Crippen MR) is 78.8 cm³/mol. The summed E-state index contributed by atoms with van der Waals surface area (Å²) in [5.41, 5.74) is 1.05. The Morgan fingerprint density at radius 1 is 1.37 bits per heavy atom. The van der Waals surface area contributed by atoms with Gasteiger partial charge in [-0.1, -0.05) is 20.8 Å². The van der Waals surface area contributed by atoms with Crippen molar-refractivity contribution in [2.45, 2.75) is 52.0 Å². The summed E-state index contributed by atoms with van der Waals surface area (Å²) in [5.74, 6) is 0.179. The van der Waals surface area contributed by atoms with Crippen LogP contribution in [0.15, 0.2) is 6.20 Å². The molecule has 1 aromatic rings. The first-order valence-electron chi connectivity index (χ1n) is 6.91. The van der Waals surface area contributed by atoms with Gasteiger partial charge in [-0.2, -0.15) is 0 Å². The van der Waals surface area contributed by atoms with Gasteiger partial charge in [-0.25, -0.2) is 0 Å². The number of rotatable bonds is 2. The third-order valence-electron chi connectivity index (χ3n) is 3.74. The third kappa shape index (κ3) is 2.76. The summed E-state index contributed by atoms with van der Waals surface area (Å²) in [5, 5.41) is 0. The van der Waals surface area contributed by atoms with Crippen LogP contribution in [0, 0.1) is 4.77 Å². The van der Waals surface area contributed by atoms with E-state index < -0.39 is 0 Å². The number of nitrogens with one attached hydrogen (secondary N) is 1. The maximum atomic E-state index is 12.5. The van der Waals surface area contributed by atoms with Gasteiger partial charge in [0.15, 0.2) is 4.77 Å². The zero-order valence-corrected chi connectivity index (χ0v) is 13.0. The van der Waals surface area contributed by atoms with Crippen molar-refractivity contribution in [1.29, 1.82) is 0 Å². The topological polar surface area (TPSA) is 41.0 Å². The van der Waals surface area contributed by atoms with E-state index >= 15 is 0 Å². The van der Waals surface area contributed by atoms with Gasteiger partial charge in [-0.15, -0.1) is 0 Å². The summed E-state index contributed by atoms with van der Waals surface area (Å²) in [6.45, 7) is 10.1. The van der Waals surface area contributed by atoms with Gasteiger partial charge in [0, 0.05) is 30.4 Å². The highest BCUT2D eigenvalue weighted by Gasteiger charge is 2.29. The summed E-state index contributed by atoms with van der Waals surface area (Å²) in [6, 6.07) is -0.230. The van der Waals surface area contributed by atoms with E-state index in [1.165, 1.54) is 0 Å². The maximum absolute atomic E-state index is 12.5. The first-order valence-corrected chi connectivity index (χ1v) is 7.32. The van der Waals surface area contributed by atoms with Crippen molar-refractivity contribution in [2.75, 3.05) is 13.1 Å². The van der Waals surface area contributed by atoms with Crippen LogP contribution in [0.25, 0.3) is 0 Å². The van der Waals surface area contributed by atoms with Gasteiger partial charge in [-0.05, 0) is 32.0 Å². The molecule has 0 aromatic carbocycles. The van der Waals surface area contributed by atoms with Gasteiger partial charge in [0.1, 0.15) is 6.04 Å². The molecule has 0 bridgehead atoms. The molecule has 1 N–H and O–H groups in total. The Balaban J connectivity index is 2.33. The monoisotopic (exact) mass is 281 g/mol. The minimum Gasteiger partial charge on any atom is -0.341 e. The van der Waals surface area contributed by atoms with Crippen molar-refractivity contribution in [3.05, 3.63) is 16.7 Å². The van der Waals surface area contributed by atoms with Crippen molar-refractivity contribution in [1.82, 2.24) is 14.5 Å². The Bertz CT molecular complexity index is 518. The Kier molecular flexibility index (Phi) is 3.85. The number of aromatic nitrogens is 2. The Hall–Kier alpha value is -1.10. The van der Waals surface area contributed by atoms with E-state index in [2.05, 4.69) is 25.8 Å². The smallest absolute Gasteiger partial charge is 0.245 e. The van der Waals surface area contributed by atoms with Crippen LogP contribution in [-0.2, 0) is 10.2 Å². The average molecular weight is 281 g/mol. The molecule has 1 fully saturated rings. The summed E-state index contributed by atoms with van der Waals surface area (Å²) >= 11 is 5.35. The first kappa shape index (κ1) is 14.3. The lowest BCUT2D eigenvalue weighted by atomic mass is 9.92. The van der Waals surface area contributed by atoms with E-state index in [1.54, 1.807) is 0 Å². The van der Waals surface area contributed by atoms with Crippen molar-refractivity contribution >= 4 is 18.1 Å². The first-order chi connectivity index (χ1) is 8.82. The molecule has 106 valence electrons. The molecule has 0 radical (unpaired) electrons. The van der Waals surface area contributed by atoms with Crippen molar-refractivity contribution in [3.8, 4) is 0 Å². The second kappa shape index (κ2) is 5.12. The number of aromatic amines is 1. The van der Waals surface area contributed by atoms with Gasteiger partial charge in [0.2, 0.25) is 5.91 Å². The zero-order chi connectivity index (χ0) is 14.2. The molecule has 5 heteroatoms. The van der Waals surface area contributed by atoms with E-state index in [0.29, 0.717) is 4.77 Å². The van der Waals surface area contributed by atoms with Crippen LogP contribution in [-0.4, -0.2) is 33.4 Å². The van der Waals surface area contributed by atoms with E-state index in [0.717, 1.165) is 31.6 Å². The Morgan fingerprint density at radius 2 is 1.95 bits per heavy atom. The van der Waals surface area contributed by atoms with Gasteiger partial charge in [0.05, 0.1) is 0 Å². The predicted octanol–water partition coefficient (Wildman–Crippen LogP) is 3.03. The van der Waals surface area contributed by atoms with E-state index in [9.17, 15) is 4.79 Å². The van der Waals surface area contributed by atoms with Crippen LogP contribution >= 0.6 is 12.2 Å². The molecule has 1 amide bonds. The molecule has 0 saturated carbocycles. The van der Waals surface area contributed by atoms with Crippen LogP contribution in [0.3, 0.4) is 0 Å². The third-order valence-corrected chi connectivity index (χ3v) is 4.06. The number of likely N-dealkylation sites (tertiary alicyclic amines) is 1. The van der Waals surface area contributed by atoms with E-state index in [4.69, 9.17) is 12.2 Å². The van der Waals surface area contributed by atoms with E-state index in [-0.39, 0.29) is 17.4 Å². The molecule has 1 aliphatic rings. The fourth-order valence-electron chi connectivity index (χ4n) is 2.65. The van der Waals surface area contributed by atoms with Crippen molar-refractivity contribution in [3.63, 3.8) is 0 Å². The van der Waals surface area contributed by atoms with Gasteiger partial charge < -0.3 is 14.5 Å². The lowest BCUT2D eigenvalue weighted by Gasteiger charge is -2.26.